The molecule has 1 aromatic carbocycles. The molecule has 2 aliphatic rings. The van der Waals surface area contributed by atoms with E-state index in [1.165, 1.54) is 0 Å². The van der Waals surface area contributed by atoms with Crippen LogP contribution in [-0.2, 0) is 10.3 Å². The van der Waals surface area contributed by atoms with Gasteiger partial charge in [0, 0.05) is 5.41 Å². The molecule has 1 aliphatic heterocycles. The number of amides is 3. The van der Waals surface area contributed by atoms with E-state index in [-0.39, 0.29) is 11.3 Å². The summed E-state index contributed by atoms with van der Waals surface area (Å²) in [5, 5.41) is 4.91. The molecule has 23 heavy (non-hydrogen) atoms. The number of ether oxygens (including phenoxy) is 1. The van der Waals surface area contributed by atoms with E-state index < -0.39 is 11.6 Å². The molecule has 0 spiro atoms. The molecule has 1 aromatic rings. The Labute approximate surface area is 135 Å². The van der Waals surface area contributed by atoms with Crippen molar-refractivity contribution < 1.29 is 14.3 Å². The van der Waals surface area contributed by atoms with Crippen molar-refractivity contribution in [1.29, 1.82) is 0 Å². The van der Waals surface area contributed by atoms with Crippen molar-refractivity contribution in [2.45, 2.75) is 25.8 Å². The number of nitrogens with one attached hydrogen (secondary N) is 2. The lowest BCUT2D eigenvalue weighted by atomic mass is 9.85. The summed E-state index contributed by atoms with van der Waals surface area (Å²) in [5.74, 6) is 0.397. The third kappa shape index (κ3) is 2.99. The topological polar surface area (TPSA) is 67.4 Å². The van der Waals surface area contributed by atoms with Crippen LogP contribution in [0.15, 0.2) is 48.6 Å². The van der Waals surface area contributed by atoms with E-state index in [1.807, 2.05) is 24.3 Å². The molecule has 0 bridgehead atoms. The molecule has 1 heterocycles. The zero-order valence-corrected chi connectivity index (χ0v) is 13.3. The molecular formula is C18H20N2O3. The third-order valence-corrected chi connectivity index (χ3v) is 4.37. The lowest BCUT2D eigenvalue weighted by Crippen LogP contribution is -2.40. The van der Waals surface area contributed by atoms with Crippen LogP contribution in [0.3, 0.4) is 0 Å². The van der Waals surface area contributed by atoms with Gasteiger partial charge >= 0.3 is 6.03 Å². The lowest BCUT2D eigenvalue weighted by Gasteiger charge is -2.26. The SMILES string of the molecule is CC1(COc2ccc(C3(C)NC(=O)NC3=O)cc2)C=CC=CC1. The highest BCUT2D eigenvalue weighted by Crippen LogP contribution is 2.30. The quantitative estimate of drug-likeness (QED) is 0.840. The largest absolute Gasteiger partial charge is 0.493 e. The van der Waals surface area contributed by atoms with E-state index >= 15 is 0 Å². The molecule has 3 amide bonds. The summed E-state index contributed by atoms with van der Waals surface area (Å²) in [7, 11) is 0. The Morgan fingerprint density at radius 2 is 1.87 bits per heavy atom. The lowest BCUT2D eigenvalue weighted by molar-refractivity contribution is -0.123. The second-order valence-electron chi connectivity index (χ2n) is 6.49. The summed E-state index contributed by atoms with van der Waals surface area (Å²) in [6, 6.07) is 6.79. The number of carbonyl (C=O) groups excluding carboxylic acids is 2. The minimum atomic E-state index is -1.03. The summed E-state index contributed by atoms with van der Waals surface area (Å²) in [6.45, 7) is 4.42. The Morgan fingerprint density at radius 1 is 1.13 bits per heavy atom. The predicted molar refractivity (Wildman–Crippen MR) is 87.0 cm³/mol. The fourth-order valence-corrected chi connectivity index (χ4v) is 2.76. The van der Waals surface area contributed by atoms with Gasteiger partial charge in [0.05, 0.1) is 6.61 Å². The number of urea groups is 1. The van der Waals surface area contributed by atoms with Gasteiger partial charge in [-0.3, -0.25) is 10.1 Å². The van der Waals surface area contributed by atoms with Crippen LogP contribution < -0.4 is 15.4 Å². The van der Waals surface area contributed by atoms with Crippen molar-refractivity contribution in [1.82, 2.24) is 10.6 Å². The number of rotatable bonds is 4. The first-order valence-corrected chi connectivity index (χ1v) is 7.63. The molecule has 1 aliphatic carbocycles. The van der Waals surface area contributed by atoms with Crippen LogP contribution >= 0.6 is 0 Å². The second kappa shape index (κ2) is 5.57. The second-order valence-corrected chi connectivity index (χ2v) is 6.49. The molecule has 5 nitrogen and oxygen atoms in total. The molecule has 2 atom stereocenters. The maximum absolute atomic E-state index is 11.9. The van der Waals surface area contributed by atoms with E-state index in [9.17, 15) is 9.59 Å². The van der Waals surface area contributed by atoms with Gasteiger partial charge in [-0.15, -0.1) is 0 Å². The first kappa shape index (κ1) is 15.3. The molecule has 2 N–H and O–H groups in total. The number of hydrogen-bond acceptors (Lipinski definition) is 3. The van der Waals surface area contributed by atoms with E-state index in [1.54, 1.807) is 19.1 Å². The minimum Gasteiger partial charge on any atom is -0.493 e. The zero-order valence-electron chi connectivity index (χ0n) is 13.3. The smallest absolute Gasteiger partial charge is 0.322 e. The number of imide groups is 1. The summed E-state index contributed by atoms with van der Waals surface area (Å²) in [5.41, 5.74) is -0.308. The van der Waals surface area contributed by atoms with Crippen molar-refractivity contribution in [3.8, 4) is 5.75 Å². The number of allylic oxidation sites excluding steroid dienone is 3. The van der Waals surface area contributed by atoms with Gasteiger partial charge in [0.1, 0.15) is 11.3 Å². The van der Waals surface area contributed by atoms with Crippen molar-refractivity contribution >= 4 is 11.9 Å². The fourth-order valence-electron chi connectivity index (χ4n) is 2.76. The van der Waals surface area contributed by atoms with Crippen molar-refractivity contribution in [2.24, 2.45) is 5.41 Å². The zero-order chi connectivity index (χ0) is 16.5. The maximum atomic E-state index is 11.9. The van der Waals surface area contributed by atoms with Crippen molar-refractivity contribution in [2.75, 3.05) is 6.61 Å². The monoisotopic (exact) mass is 312 g/mol. The number of carbonyl (C=O) groups is 2. The highest BCUT2D eigenvalue weighted by atomic mass is 16.5. The van der Waals surface area contributed by atoms with E-state index in [0.29, 0.717) is 6.61 Å². The Kier molecular flexibility index (Phi) is 3.72. The molecule has 0 aromatic heterocycles. The van der Waals surface area contributed by atoms with Gasteiger partial charge in [0.2, 0.25) is 0 Å². The summed E-state index contributed by atoms with van der Waals surface area (Å²) in [4.78, 5) is 23.3. The summed E-state index contributed by atoms with van der Waals surface area (Å²) < 4.78 is 5.87. The molecule has 120 valence electrons. The average molecular weight is 312 g/mol. The molecule has 2 unspecified atom stereocenters. The average Bonchev–Trinajstić information content (AvgIpc) is 2.80. The number of benzene rings is 1. The van der Waals surface area contributed by atoms with Crippen molar-refractivity contribution in [3.05, 3.63) is 54.1 Å². The first-order chi connectivity index (χ1) is 10.9. The first-order valence-electron chi connectivity index (χ1n) is 7.63. The standard InChI is InChI=1S/C18H20N2O3/c1-17(10-4-3-5-11-17)12-23-14-8-6-13(7-9-14)18(2)15(21)19-16(22)20-18/h3-10H,11-12H2,1-2H3,(H2,19,20,21,22). The molecule has 1 fully saturated rings. The van der Waals surface area contributed by atoms with Gasteiger partial charge in [0.25, 0.3) is 5.91 Å². The van der Waals surface area contributed by atoms with Gasteiger partial charge in [0.15, 0.2) is 0 Å². The van der Waals surface area contributed by atoms with Gasteiger partial charge < -0.3 is 10.1 Å². The summed E-state index contributed by atoms with van der Waals surface area (Å²) >= 11 is 0. The van der Waals surface area contributed by atoms with Crippen LogP contribution in [0.25, 0.3) is 0 Å². The molecule has 3 rings (SSSR count). The highest BCUT2D eigenvalue weighted by Gasteiger charge is 2.43. The molecular weight excluding hydrogens is 292 g/mol. The van der Waals surface area contributed by atoms with Crippen LogP contribution in [0.5, 0.6) is 5.75 Å². The Bertz CT molecular complexity index is 693. The van der Waals surface area contributed by atoms with E-state index in [2.05, 4.69) is 29.7 Å². The predicted octanol–water partition coefficient (Wildman–Crippen LogP) is 2.64. The Morgan fingerprint density at radius 3 is 2.43 bits per heavy atom. The molecule has 0 radical (unpaired) electrons. The van der Waals surface area contributed by atoms with Gasteiger partial charge in [-0.25, -0.2) is 4.79 Å². The summed E-state index contributed by atoms with van der Waals surface area (Å²) in [6.07, 6.45) is 9.32. The highest BCUT2D eigenvalue weighted by molar-refractivity contribution is 6.07. The van der Waals surface area contributed by atoms with Crippen LogP contribution in [0.2, 0.25) is 0 Å². The van der Waals surface area contributed by atoms with Crippen LogP contribution in [0.1, 0.15) is 25.8 Å². The fraction of sp³-hybridized carbons (Fsp3) is 0.333. The maximum Gasteiger partial charge on any atom is 0.322 e. The Balaban J connectivity index is 1.68. The van der Waals surface area contributed by atoms with Crippen LogP contribution in [0.4, 0.5) is 4.79 Å². The van der Waals surface area contributed by atoms with Crippen molar-refractivity contribution in [3.63, 3.8) is 0 Å². The van der Waals surface area contributed by atoms with E-state index in [4.69, 9.17) is 4.74 Å². The van der Waals surface area contributed by atoms with Crippen LogP contribution in [0, 0.1) is 5.41 Å². The van der Waals surface area contributed by atoms with E-state index in [0.717, 1.165) is 17.7 Å². The minimum absolute atomic E-state index is 0.00128. The molecule has 5 heteroatoms. The molecule has 0 saturated carbocycles. The molecule has 1 saturated heterocycles. The van der Waals surface area contributed by atoms with Gasteiger partial charge in [-0.1, -0.05) is 43.4 Å². The van der Waals surface area contributed by atoms with Gasteiger partial charge in [-0.05, 0) is 31.0 Å². The number of hydrogen-bond donors (Lipinski definition) is 2. The Hall–Kier alpha value is -2.56. The normalized spacial score (nSPS) is 29.3. The third-order valence-electron chi connectivity index (χ3n) is 4.37. The van der Waals surface area contributed by atoms with Crippen LogP contribution in [-0.4, -0.2) is 18.5 Å². The van der Waals surface area contributed by atoms with Gasteiger partial charge in [-0.2, -0.15) is 0 Å².